The maximum absolute atomic E-state index is 10.2. The van der Waals surface area contributed by atoms with E-state index in [-0.39, 0.29) is 12.6 Å². The van der Waals surface area contributed by atoms with Crippen molar-refractivity contribution in [1.82, 2.24) is 4.90 Å². The van der Waals surface area contributed by atoms with E-state index >= 15 is 0 Å². The van der Waals surface area contributed by atoms with Gasteiger partial charge >= 0.3 is 0 Å². The average molecular weight is 185 g/mol. The highest BCUT2D eigenvalue weighted by molar-refractivity contribution is 4.97. The van der Waals surface area contributed by atoms with Crippen molar-refractivity contribution in [1.29, 1.82) is 0 Å². The highest BCUT2D eigenvalue weighted by Crippen LogP contribution is 2.33. The molecule has 76 valence electrons. The average Bonchev–Trinajstić information content (AvgIpc) is 2.19. The van der Waals surface area contributed by atoms with Crippen LogP contribution in [-0.2, 0) is 0 Å². The Morgan fingerprint density at radius 2 is 2.00 bits per heavy atom. The lowest BCUT2D eigenvalue weighted by molar-refractivity contribution is -0.120. The molecule has 1 unspecified atom stereocenters. The molecule has 2 heterocycles. The third-order valence-corrected chi connectivity index (χ3v) is 3.56. The molecule has 2 aliphatic rings. The number of hydrogen-bond acceptors (Lipinski definition) is 3. The fraction of sp³-hybridized carbons (Fsp3) is 1.00. The van der Waals surface area contributed by atoms with Crippen molar-refractivity contribution in [3.8, 4) is 0 Å². The molecule has 0 aromatic carbocycles. The summed E-state index contributed by atoms with van der Waals surface area (Å²) < 4.78 is 0. The van der Waals surface area contributed by atoms with Gasteiger partial charge in [-0.25, -0.2) is 0 Å². The number of aliphatic hydroxyl groups is 2. The first-order chi connectivity index (χ1) is 6.26. The second kappa shape index (κ2) is 3.56. The van der Waals surface area contributed by atoms with Crippen LogP contribution in [0.25, 0.3) is 0 Å². The molecule has 0 bridgehead atoms. The minimum atomic E-state index is -0.807. The number of aliphatic hydroxyl groups excluding tert-OH is 1. The van der Waals surface area contributed by atoms with Gasteiger partial charge in [0.15, 0.2) is 0 Å². The van der Waals surface area contributed by atoms with E-state index < -0.39 is 5.60 Å². The summed E-state index contributed by atoms with van der Waals surface area (Å²) in [6.45, 7) is 2.13. The molecule has 2 aliphatic heterocycles. The number of piperidine rings is 2. The van der Waals surface area contributed by atoms with Gasteiger partial charge in [-0.2, -0.15) is 0 Å². The fourth-order valence-corrected chi connectivity index (χ4v) is 2.81. The van der Waals surface area contributed by atoms with Crippen LogP contribution in [0, 0.1) is 0 Å². The summed E-state index contributed by atoms with van der Waals surface area (Å²) in [7, 11) is 0. The highest BCUT2D eigenvalue weighted by atomic mass is 16.3. The van der Waals surface area contributed by atoms with E-state index in [0.29, 0.717) is 0 Å². The van der Waals surface area contributed by atoms with Gasteiger partial charge in [-0.3, -0.25) is 4.90 Å². The van der Waals surface area contributed by atoms with Crippen LogP contribution in [0.5, 0.6) is 0 Å². The van der Waals surface area contributed by atoms with Gasteiger partial charge in [-0.1, -0.05) is 6.42 Å². The summed E-state index contributed by atoms with van der Waals surface area (Å²) in [6.07, 6.45) is 5.29. The Labute approximate surface area is 79.4 Å². The van der Waals surface area contributed by atoms with Crippen molar-refractivity contribution in [2.24, 2.45) is 0 Å². The van der Waals surface area contributed by atoms with Gasteiger partial charge < -0.3 is 10.2 Å². The van der Waals surface area contributed by atoms with E-state index in [1.165, 1.54) is 12.8 Å². The van der Waals surface area contributed by atoms with Gasteiger partial charge in [-0.15, -0.1) is 0 Å². The third kappa shape index (κ3) is 1.60. The Morgan fingerprint density at radius 3 is 2.77 bits per heavy atom. The third-order valence-electron chi connectivity index (χ3n) is 3.56. The second-order valence-corrected chi connectivity index (χ2v) is 4.41. The topological polar surface area (TPSA) is 43.7 Å². The van der Waals surface area contributed by atoms with Crippen LogP contribution in [0.2, 0.25) is 0 Å². The molecule has 2 N–H and O–H groups in total. The molecule has 3 heteroatoms. The molecule has 0 aliphatic carbocycles. The Balaban J connectivity index is 2.11. The minimum absolute atomic E-state index is 0.0752. The first kappa shape index (κ1) is 9.44. The SMILES string of the molecule is OC[C@@]1(O)CCCN2CCCCC21. The van der Waals surface area contributed by atoms with E-state index in [1.54, 1.807) is 0 Å². The summed E-state index contributed by atoms with van der Waals surface area (Å²) in [5, 5.41) is 19.4. The number of rotatable bonds is 1. The van der Waals surface area contributed by atoms with Crippen LogP contribution in [0.4, 0.5) is 0 Å². The van der Waals surface area contributed by atoms with Crippen LogP contribution < -0.4 is 0 Å². The molecule has 0 amide bonds. The molecule has 0 aromatic heterocycles. The first-order valence-corrected chi connectivity index (χ1v) is 5.33. The van der Waals surface area contributed by atoms with Crippen molar-refractivity contribution in [2.45, 2.75) is 43.7 Å². The Bertz CT molecular complexity index is 184. The maximum Gasteiger partial charge on any atom is 0.103 e. The lowest BCUT2D eigenvalue weighted by Crippen LogP contribution is -2.60. The van der Waals surface area contributed by atoms with Crippen LogP contribution in [0.3, 0.4) is 0 Å². The van der Waals surface area contributed by atoms with E-state index in [9.17, 15) is 10.2 Å². The van der Waals surface area contributed by atoms with Crippen molar-refractivity contribution in [3.05, 3.63) is 0 Å². The van der Waals surface area contributed by atoms with Crippen LogP contribution in [0.1, 0.15) is 32.1 Å². The van der Waals surface area contributed by atoms with Crippen molar-refractivity contribution >= 4 is 0 Å². The predicted octanol–water partition coefficient (Wildman–Crippen LogP) is 0.358. The molecule has 0 spiro atoms. The molecular formula is C10H19NO2. The second-order valence-electron chi connectivity index (χ2n) is 4.41. The molecule has 2 rings (SSSR count). The van der Waals surface area contributed by atoms with Crippen LogP contribution in [-0.4, -0.2) is 46.5 Å². The number of fused-ring (bicyclic) bond motifs is 1. The zero-order valence-electron chi connectivity index (χ0n) is 8.08. The minimum Gasteiger partial charge on any atom is -0.393 e. The van der Waals surface area contributed by atoms with E-state index in [4.69, 9.17) is 0 Å². The van der Waals surface area contributed by atoms with Crippen LogP contribution >= 0.6 is 0 Å². The lowest BCUT2D eigenvalue weighted by atomic mass is 9.80. The molecule has 2 atom stereocenters. The van der Waals surface area contributed by atoms with Gasteiger partial charge in [0.1, 0.15) is 5.60 Å². The van der Waals surface area contributed by atoms with Gasteiger partial charge in [0, 0.05) is 6.04 Å². The Kier molecular flexibility index (Phi) is 2.58. The summed E-state index contributed by atoms with van der Waals surface area (Å²) in [5.41, 5.74) is -0.807. The summed E-state index contributed by atoms with van der Waals surface area (Å²) in [4.78, 5) is 2.35. The normalized spacial score (nSPS) is 41.5. The van der Waals surface area contributed by atoms with Gasteiger partial charge in [0.2, 0.25) is 0 Å². The molecule has 0 aromatic rings. The molecule has 0 radical (unpaired) electrons. The van der Waals surface area contributed by atoms with Crippen molar-refractivity contribution < 1.29 is 10.2 Å². The zero-order chi connectivity index (χ0) is 9.31. The lowest BCUT2D eigenvalue weighted by Gasteiger charge is -2.48. The molecule has 2 fully saturated rings. The largest absolute Gasteiger partial charge is 0.393 e. The summed E-state index contributed by atoms with van der Waals surface area (Å²) >= 11 is 0. The highest BCUT2D eigenvalue weighted by Gasteiger charge is 2.43. The maximum atomic E-state index is 10.2. The summed E-state index contributed by atoms with van der Waals surface area (Å²) in [6, 6.07) is 0.222. The predicted molar refractivity (Wildman–Crippen MR) is 50.5 cm³/mol. The molecule has 13 heavy (non-hydrogen) atoms. The van der Waals surface area contributed by atoms with Crippen molar-refractivity contribution in [2.75, 3.05) is 19.7 Å². The van der Waals surface area contributed by atoms with Crippen LogP contribution in [0.15, 0.2) is 0 Å². The van der Waals surface area contributed by atoms with E-state index in [0.717, 1.165) is 32.4 Å². The molecule has 0 saturated carbocycles. The Morgan fingerprint density at radius 1 is 1.23 bits per heavy atom. The number of nitrogens with zero attached hydrogens (tertiary/aromatic N) is 1. The fourth-order valence-electron chi connectivity index (χ4n) is 2.81. The quantitative estimate of drug-likeness (QED) is 0.620. The van der Waals surface area contributed by atoms with Gasteiger partial charge in [-0.05, 0) is 38.8 Å². The van der Waals surface area contributed by atoms with Gasteiger partial charge in [0.05, 0.1) is 6.61 Å². The Hall–Kier alpha value is -0.120. The first-order valence-electron chi connectivity index (χ1n) is 5.33. The smallest absolute Gasteiger partial charge is 0.103 e. The number of hydrogen-bond donors (Lipinski definition) is 2. The van der Waals surface area contributed by atoms with E-state index in [1.807, 2.05) is 0 Å². The monoisotopic (exact) mass is 185 g/mol. The zero-order valence-corrected chi connectivity index (χ0v) is 8.08. The molecular weight excluding hydrogens is 166 g/mol. The molecule has 3 nitrogen and oxygen atoms in total. The molecule has 2 saturated heterocycles. The van der Waals surface area contributed by atoms with E-state index in [2.05, 4.69) is 4.90 Å². The standard InChI is InChI=1S/C10H19NO2/c12-8-10(13)5-3-7-11-6-2-1-4-9(10)11/h9,12-13H,1-8H2/t9?,10-/m0/s1. The summed E-state index contributed by atoms with van der Waals surface area (Å²) in [5.74, 6) is 0. The van der Waals surface area contributed by atoms with Gasteiger partial charge in [0.25, 0.3) is 0 Å². The van der Waals surface area contributed by atoms with Crippen molar-refractivity contribution in [3.63, 3.8) is 0 Å².